The number of para-hydroxylation sites is 1. The van der Waals surface area contributed by atoms with Gasteiger partial charge >= 0.3 is 0 Å². The largest absolute Gasteiger partial charge is 0.496 e. The van der Waals surface area contributed by atoms with Crippen molar-refractivity contribution in [2.45, 2.75) is 19.9 Å². The Kier molecular flexibility index (Phi) is 6.21. The molecule has 0 aliphatic heterocycles. The quantitative estimate of drug-likeness (QED) is 0.674. The fraction of sp³-hybridized carbons (Fsp3) is 0.318. The van der Waals surface area contributed by atoms with E-state index in [2.05, 4.69) is 40.3 Å². The molecule has 1 unspecified atom stereocenters. The Bertz CT molecular complexity index is 927. The number of likely N-dealkylation sites (N-methyl/N-ethyl adjacent to an activating group) is 1. The summed E-state index contributed by atoms with van der Waals surface area (Å²) >= 11 is 0. The van der Waals surface area contributed by atoms with Crippen LogP contribution in [0.1, 0.15) is 22.9 Å². The van der Waals surface area contributed by atoms with Crippen LogP contribution in [0.4, 0.5) is 5.82 Å². The van der Waals surface area contributed by atoms with Gasteiger partial charge in [0, 0.05) is 29.6 Å². The smallest absolute Gasteiger partial charge is 0.180 e. The number of nitrogens with one attached hydrogen (secondary N) is 1. The van der Waals surface area contributed by atoms with Gasteiger partial charge in [-0.3, -0.25) is 4.98 Å². The average Bonchev–Trinajstić information content (AvgIpc) is 2.71. The van der Waals surface area contributed by atoms with E-state index in [1.807, 2.05) is 50.2 Å². The second-order valence-corrected chi connectivity index (χ2v) is 6.92. The van der Waals surface area contributed by atoms with Crippen molar-refractivity contribution in [3.8, 4) is 17.3 Å². The molecule has 2 aromatic heterocycles. The molecule has 0 fully saturated rings. The number of anilines is 1. The van der Waals surface area contributed by atoms with Crippen molar-refractivity contribution in [3.05, 3.63) is 65.5 Å². The first-order valence-electron chi connectivity index (χ1n) is 9.31. The fourth-order valence-electron chi connectivity index (χ4n) is 3.12. The maximum Gasteiger partial charge on any atom is 0.180 e. The molecule has 28 heavy (non-hydrogen) atoms. The van der Waals surface area contributed by atoms with Crippen LogP contribution in [-0.4, -0.2) is 47.6 Å². The minimum absolute atomic E-state index is 0.129. The average molecular weight is 377 g/mol. The van der Waals surface area contributed by atoms with E-state index in [0.717, 1.165) is 34.1 Å². The van der Waals surface area contributed by atoms with E-state index in [-0.39, 0.29) is 6.04 Å². The monoisotopic (exact) mass is 377 g/mol. The summed E-state index contributed by atoms with van der Waals surface area (Å²) in [6, 6.07) is 14.0. The van der Waals surface area contributed by atoms with Crippen LogP contribution >= 0.6 is 0 Å². The second-order valence-electron chi connectivity index (χ2n) is 6.92. The third-order valence-electron chi connectivity index (χ3n) is 4.87. The molecule has 6 heteroatoms. The number of nitrogens with zero attached hydrogens (tertiary/aromatic N) is 4. The molecule has 1 aromatic carbocycles. The van der Waals surface area contributed by atoms with Crippen LogP contribution in [0.15, 0.2) is 48.7 Å². The zero-order chi connectivity index (χ0) is 20.1. The zero-order valence-corrected chi connectivity index (χ0v) is 17.1. The summed E-state index contributed by atoms with van der Waals surface area (Å²) in [6.07, 6.45) is 1.75. The van der Waals surface area contributed by atoms with Crippen LogP contribution in [0.2, 0.25) is 0 Å². The van der Waals surface area contributed by atoms with E-state index < -0.39 is 0 Å². The summed E-state index contributed by atoms with van der Waals surface area (Å²) in [4.78, 5) is 15.9. The highest BCUT2D eigenvalue weighted by Crippen LogP contribution is 2.29. The molecule has 0 aliphatic rings. The molecule has 3 aromatic rings. The Labute approximate surface area is 166 Å². The van der Waals surface area contributed by atoms with Gasteiger partial charge in [0.05, 0.1) is 13.2 Å². The summed E-state index contributed by atoms with van der Waals surface area (Å²) in [5.41, 5.74) is 3.88. The van der Waals surface area contributed by atoms with E-state index in [4.69, 9.17) is 9.72 Å². The summed E-state index contributed by atoms with van der Waals surface area (Å²) in [6.45, 7) is 4.72. The Hall–Kier alpha value is -2.99. The van der Waals surface area contributed by atoms with Gasteiger partial charge in [0.15, 0.2) is 5.82 Å². The lowest BCUT2D eigenvalue weighted by molar-refractivity contribution is 0.300. The molecular formula is C22H27N5O. The minimum Gasteiger partial charge on any atom is -0.496 e. The van der Waals surface area contributed by atoms with Crippen molar-refractivity contribution in [1.82, 2.24) is 19.9 Å². The molecule has 0 saturated heterocycles. The van der Waals surface area contributed by atoms with Crippen LogP contribution in [0.3, 0.4) is 0 Å². The highest BCUT2D eigenvalue weighted by Gasteiger charge is 2.19. The van der Waals surface area contributed by atoms with Crippen molar-refractivity contribution < 1.29 is 4.74 Å². The predicted octanol–water partition coefficient (Wildman–Crippen LogP) is 3.88. The molecule has 0 bridgehead atoms. The maximum atomic E-state index is 5.56. The first-order chi connectivity index (χ1) is 13.5. The number of aryl methyl sites for hydroxylation is 1. The molecule has 0 radical (unpaired) electrons. The van der Waals surface area contributed by atoms with Crippen LogP contribution in [0, 0.1) is 13.8 Å². The number of aromatic nitrogens is 3. The lowest BCUT2D eigenvalue weighted by Gasteiger charge is -2.27. The standard InChI is InChI=1S/C22H27N5O/c1-15-16(2)25-22(18-11-8-9-13-23-18)26-21(15)24-14-19(27(3)4)17-10-6-7-12-20(17)28-5/h6-13,19H,14H2,1-5H3,(H,24,25,26). The van der Waals surface area contributed by atoms with Crippen LogP contribution in [0.25, 0.3) is 11.5 Å². The molecule has 6 nitrogen and oxygen atoms in total. The van der Waals surface area contributed by atoms with Gasteiger partial charge in [0.1, 0.15) is 17.3 Å². The van der Waals surface area contributed by atoms with E-state index in [0.29, 0.717) is 12.4 Å². The van der Waals surface area contributed by atoms with Gasteiger partial charge < -0.3 is 15.0 Å². The van der Waals surface area contributed by atoms with Crippen molar-refractivity contribution >= 4 is 5.82 Å². The highest BCUT2D eigenvalue weighted by atomic mass is 16.5. The molecular weight excluding hydrogens is 350 g/mol. The normalized spacial score (nSPS) is 12.1. The molecule has 146 valence electrons. The highest BCUT2D eigenvalue weighted by molar-refractivity contribution is 5.56. The molecule has 0 saturated carbocycles. The van der Waals surface area contributed by atoms with Crippen LogP contribution < -0.4 is 10.1 Å². The van der Waals surface area contributed by atoms with Crippen molar-refractivity contribution in [2.24, 2.45) is 0 Å². The lowest BCUT2D eigenvalue weighted by atomic mass is 10.0. The number of hydrogen-bond donors (Lipinski definition) is 1. The van der Waals surface area contributed by atoms with E-state index in [1.54, 1.807) is 13.3 Å². The first kappa shape index (κ1) is 19.8. The summed E-state index contributed by atoms with van der Waals surface area (Å²) in [7, 11) is 5.84. The van der Waals surface area contributed by atoms with E-state index in [1.165, 1.54) is 0 Å². The van der Waals surface area contributed by atoms with Gasteiger partial charge in [-0.05, 0) is 46.1 Å². The molecule has 2 heterocycles. The van der Waals surface area contributed by atoms with E-state index in [9.17, 15) is 0 Å². The number of hydrogen-bond acceptors (Lipinski definition) is 6. The van der Waals surface area contributed by atoms with E-state index >= 15 is 0 Å². The van der Waals surface area contributed by atoms with Crippen LogP contribution in [-0.2, 0) is 0 Å². The van der Waals surface area contributed by atoms with Crippen molar-refractivity contribution in [1.29, 1.82) is 0 Å². The molecule has 1 N–H and O–H groups in total. The second kappa shape index (κ2) is 8.80. The Balaban J connectivity index is 1.89. The summed E-state index contributed by atoms with van der Waals surface area (Å²) in [5, 5.41) is 3.52. The third-order valence-corrected chi connectivity index (χ3v) is 4.87. The zero-order valence-electron chi connectivity index (χ0n) is 17.1. The molecule has 0 aliphatic carbocycles. The number of ether oxygens (including phenoxy) is 1. The van der Waals surface area contributed by atoms with Gasteiger partial charge in [0.2, 0.25) is 0 Å². The van der Waals surface area contributed by atoms with Gasteiger partial charge in [-0.15, -0.1) is 0 Å². The number of methoxy groups -OCH3 is 1. The first-order valence-corrected chi connectivity index (χ1v) is 9.31. The Morgan fingerprint density at radius 2 is 1.79 bits per heavy atom. The number of benzene rings is 1. The molecule has 0 amide bonds. The van der Waals surface area contributed by atoms with Gasteiger partial charge in [-0.1, -0.05) is 24.3 Å². The Morgan fingerprint density at radius 1 is 1.04 bits per heavy atom. The Morgan fingerprint density at radius 3 is 2.46 bits per heavy atom. The van der Waals surface area contributed by atoms with Gasteiger partial charge in [-0.25, -0.2) is 9.97 Å². The SMILES string of the molecule is COc1ccccc1C(CNc1nc(-c2ccccn2)nc(C)c1C)N(C)C. The molecule has 3 rings (SSSR count). The fourth-order valence-corrected chi connectivity index (χ4v) is 3.12. The lowest BCUT2D eigenvalue weighted by Crippen LogP contribution is -2.27. The maximum absolute atomic E-state index is 5.56. The topological polar surface area (TPSA) is 63.2 Å². The molecule has 0 spiro atoms. The molecule has 1 atom stereocenters. The van der Waals surface area contributed by atoms with Crippen LogP contribution in [0.5, 0.6) is 5.75 Å². The number of pyridine rings is 1. The summed E-state index contributed by atoms with van der Waals surface area (Å²) in [5.74, 6) is 2.34. The third kappa shape index (κ3) is 4.28. The van der Waals surface area contributed by atoms with Gasteiger partial charge in [-0.2, -0.15) is 0 Å². The van der Waals surface area contributed by atoms with Crippen molar-refractivity contribution in [2.75, 3.05) is 33.1 Å². The predicted molar refractivity (Wildman–Crippen MR) is 113 cm³/mol. The van der Waals surface area contributed by atoms with Gasteiger partial charge in [0.25, 0.3) is 0 Å². The summed E-state index contributed by atoms with van der Waals surface area (Å²) < 4.78 is 5.56. The minimum atomic E-state index is 0.129. The number of rotatable bonds is 7. The van der Waals surface area contributed by atoms with Crippen molar-refractivity contribution in [3.63, 3.8) is 0 Å².